The summed E-state index contributed by atoms with van der Waals surface area (Å²) < 4.78 is 0. The van der Waals surface area contributed by atoms with Crippen molar-refractivity contribution in [2.75, 3.05) is 30.8 Å². The smallest absolute Gasteiger partial charge is 0.227 e. The van der Waals surface area contributed by atoms with Gasteiger partial charge < -0.3 is 10.2 Å². The lowest BCUT2D eigenvalue weighted by Crippen LogP contribution is -2.45. The van der Waals surface area contributed by atoms with E-state index in [0.29, 0.717) is 13.1 Å². The first-order valence-corrected chi connectivity index (χ1v) is 12.2. The van der Waals surface area contributed by atoms with Crippen molar-refractivity contribution in [2.45, 2.75) is 37.2 Å². The van der Waals surface area contributed by atoms with Crippen LogP contribution < -0.4 is 10.2 Å². The molecule has 0 saturated carbocycles. The summed E-state index contributed by atoms with van der Waals surface area (Å²) in [4.78, 5) is 32.0. The van der Waals surface area contributed by atoms with Crippen LogP contribution in [0.25, 0.3) is 0 Å². The van der Waals surface area contributed by atoms with Crippen molar-refractivity contribution in [3.05, 3.63) is 46.2 Å². The van der Waals surface area contributed by atoms with Crippen LogP contribution in [0.15, 0.2) is 40.6 Å². The molecule has 2 aliphatic heterocycles. The number of benzene rings is 1. The van der Waals surface area contributed by atoms with Gasteiger partial charge in [0, 0.05) is 54.1 Å². The highest BCUT2D eigenvalue weighted by atomic mass is 32.2. The van der Waals surface area contributed by atoms with Crippen LogP contribution in [0, 0.1) is 5.92 Å². The van der Waals surface area contributed by atoms with Crippen molar-refractivity contribution >= 4 is 40.6 Å². The van der Waals surface area contributed by atoms with Gasteiger partial charge in [0.2, 0.25) is 11.8 Å². The number of fused-ring (bicyclic) bond motifs is 1. The van der Waals surface area contributed by atoms with E-state index in [1.807, 2.05) is 41.9 Å². The Morgan fingerprint density at radius 1 is 1.31 bits per heavy atom. The Bertz CT molecular complexity index is 880. The van der Waals surface area contributed by atoms with Gasteiger partial charge in [-0.1, -0.05) is 0 Å². The molecule has 2 atom stereocenters. The van der Waals surface area contributed by atoms with E-state index in [1.54, 1.807) is 16.7 Å². The average molecular weight is 430 g/mol. The molecule has 1 aromatic heterocycles. The van der Waals surface area contributed by atoms with E-state index in [1.165, 1.54) is 10.4 Å². The molecule has 3 heterocycles. The molecule has 154 valence electrons. The van der Waals surface area contributed by atoms with Gasteiger partial charge in [-0.3, -0.25) is 14.5 Å². The summed E-state index contributed by atoms with van der Waals surface area (Å²) in [5.41, 5.74) is 2.29. The lowest BCUT2D eigenvalue weighted by atomic mass is 10.1. The van der Waals surface area contributed by atoms with Gasteiger partial charge in [-0.2, -0.15) is 0 Å². The van der Waals surface area contributed by atoms with Crippen molar-refractivity contribution in [3.63, 3.8) is 0 Å². The monoisotopic (exact) mass is 429 g/mol. The third-order valence-electron chi connectivity index (χ3n) is 5.91. The number of carbonyl (C=O) groups is 2. The molecule has 0 unspecified atom stereocenters. The van der Waals surface area contributed by atoms with Crippen LogP contribution in [0.1, 0.15) is 23.8 Å². The minimum Gasteiger partial charge on any atom is -0.354 e. The quantitative estimate of drug-likeness (QED) is 0.716. The molecule has 29 heavy (non-hydrogen) atoms. The zero-order chi connectivity index (χ0) is 20.4. The second-order valence-corrected chi connectivity index (χ2v) is 9.67. The second-order valence-electron chi connectivity index (χ2n) is 7.79. The number of hydrogen-bond acceptors (Lipinski definition) is 5. The van der Waals surface area contributed by atoms with Crippen molar-refractivity contribution in [1.29, 1.82) is 0 Å². The number of anilines is 1. The standard InChI is InChI=1S/C22H27N3O2S2/c1-15(24-9-7-20-16(13-24)8-10-29-20)12-23-22(27)17-11-21(26)25(14-17)18-3-5-19(28-2)6-4-18/h3-6,8,10,15,17H,7,9,11-14H2,1-2H3,(H,23,27)/t15-,17-/m1/s1. The van der Waals surface area contributed by atoms with Gasteiger partial charge in [-0.05, 0) is 60.9 Å². The molecule has 0 bridgehead atoms. The molecule has 2 aromatic rings. The van der Waals surface area contributed by atoms with Gasteiger partial charge in [0.25, 0.3) is 0 Å². The minimum atomic E-state index is -0.278. The molecular weight excluding hydrogens is 402 g/mol. The molecule has 4 rings (SSSR count). The van der Waals surface area contributed by atoms with E-state index in [2.05, 4.69) is 28.6 Å². The minimum absolute atomic E-state index is 0.0123. The Hall–Kier alpha value is -1.83. The lowest BCUT2D eigenvalue weighted by molar-refractivity contribution is -0.126. The summed E-state index contributed by atoms with van der Waals surface area (Å²) in [6.45, 7) is 5.23. The summed E-state index contributed by atoms with van der Waals surface area (Å²) in [5, 5.41) is 5.25. The van der Waals surface area contributed by atoms with Crippen molar-refractivity contribution in [1.82, 2.24) is 10.2 Å². The Morgan fingerprint density at radius 2 is 2.10 bits per heavy atom. The molecule has 1 N–H and O–H groups in total. The molecule has 7 heteroatoms. The van der Waals surface area contributed by atoms with Gasteiger partial charge >= 0.3 is 0 Å². The van der Waals surface area contributed by atoms with Crippen molar-refractivity contribution in [2.24, 2.45) is 5.92 Å². The first-order chi connectivity index (χ1) is 14.0. The Morgan fingerprint density at radius 3 is 2.86 bits per heavy atom. The fourth-order valence-electron chi connectivity index (χ4n) is 4.06. The second kappa shape index (κ2) is 8.90. The predicted octanol–water partition coefficient (Wildman–Crippen LogP) is 3.39. The number of nitrogens with zero attached hydrogens (tertiary/aromatic N) is 2. The Labute approximate surface area is 180 Å². The fourth-order valence-corrected chi connectivity index (χ4v) is 5.36. The van der Waals surface area contributed by atoms with E-state index >= 15 is 0 Å². The van der Waals surface area contributed by atoms with Crippen LogP contribution in [0.2, 0.25) is 0 Å². The van der Waals surface area contributed by atoms with Crippen LogP contribution in [0.4, 0.5) is 5.69 Å². The molecule has 1 saturated heterocycles. The first kappa shape index (κ1) is 20.4. The molecule has 0 aliphatic carbocycles. The van der Waals surface area contributed by atoms with Crippen LogP contribution in [0.5, 0.6) is 0 Å². The lowest BCUT2D eigenvalue weighted by Gasteiger charge is -2.32. The number of thioether (sulfide) groups is 1. The zero-order valence-electron chi connectivity index (χ0n) is 16.9. The molecular formula is C22H27N3O2S2. The van der Waals surface area contributed by atoms with Gasteiger partial charge in [-0.25, -0.2) is 0 Å². The van der Waals surface area contributed by atoms with Crippen molar-refractivity contribution in [3.8, 4) is 0 Å². The molecule has 2 aliphatic rings. The van der Waals surface area contributed by atoms with E-state index in [9.17, 15) is 9.59 Å². The average Bonchev–Trinajstić information content (AvgIpc) is 3.37. The van der Waals surface area contributed by atoms with E-state index in [-0.39, 0.29) is 30.2 Å². The molecule has 0 spiro atoms. The third kappa shape index (κ3) is 4.52. The highest BCUT2D eigenvalue weighted by Gasteiger charge is 2.35. The van der Waals surface area contributed by atoms with E-state index < -0.39 is 0 Å². The molecule has 1 fully saturated rings. The van der Waals surface area contributed by atoms with Gasteiger partial charge in [0.1, 0.15) is 0 Å². The zero-order valence-corrected chi connectivity index (χ0v) is 18.5. The normalized spacial score (nSPS) is 20.6. The largest absolute Gasteiger partial charge is 0.354 e. The molecule has 2 amide bonds. The number of hydrogen-bond donors (Lipinski definition) is 1. The highest BCUT2D eigenvalue weighted by molar-refractivity contribution is 7.98. The maximum atomic E-state index is 12.7. The maximum Gasteiger partial charge on any atom is 0.227 e. The summed E-state index contributed by atoms with van der Waals surface area (Å²) in [7, 11) is 0. The van der Waals surface area contributed by atoms with E-state index in [0.717, 1.165) is 30.1 Å². The topological polar surface area (TPSA) is 52.7 Å². The van der Waals surface area contributed by atoms with Crippen LogP contribution in [-0.2, 0) is 22.6 Å². The third-order valence-corrected chi connectivity index (χ3v) is 7.68. The number of nitrogens with one attached hydrogen (secondary N) is 1. The number of amides is 2. The molecule has 5 nitrogen and oxygen atoms in total. The van der Waals surface area contributed by atoms with Crippen LogP contribution in [-0.4, -0.2) is 48.6 Å². The highest BCUT2D eigenvalue weighted by Crippen LogP contribution is 2.28. The Kier molecular flexibility index (Phi) is 6.27. The molecule has 1 aromatic carbocycles. The summed E-state index contributed by atoms with van der Waals surface area (Å²) in [6, 6.07) is 10.4. The number of carbonyl (C=O) groups excluding carboxylic acids is 2. The van der Waals surface area contributed by atoms with Gasteiger partial charge in [0.15, 0.2) is 0 Å². The summed E-state index contributed by atoms with van der Waals surface area (Å²) in [5.74, 6) is -0.266. The summed E-state index contributed by atoms with van der Waals surface area (Å²) in [6.07, 6.45) is 3.40. The first-order valence-electron chi connectivity index (χ1n) is 10.1. The van der Waals surface area contributed by atoms with Gasteiger partial charge in [-0.15, -0.1) is 23.1 Å². The molecule has 0 radical (unpaired) electrons. The number of thiophene rings is 1. The maximum absolute atomic E-state index is 12.7. The van der Waals surface area contributed by atoms with E-state index in [4.69, 9.17) is 0 Å². The SMILES string of the molecule is CSc1ccc(N2C[C@H](C(=O)NC[C@@H](C)N3CCc4sccc4C3)CC2=O)cc1. The predicted molar refractivity (Wildman–Crippen MR) is 120 cm³/mol. The number of rotatable bonds is 6. The van der Waals surface area contributed by atoms with Gasteiger partial charge in [0.05, 0.1) is 5.92 Å². The van der Waals surface area contributed by atoms with Crippen LogP contribution >= 0.6 is 23.1 Å². The Balaban J connectivity index is 1.29. The van der Waals surface area contributed by atoms with Crippen LogP contribution in [0.3, 0.4) is 0 Å². The fraction of sp³-hybridized carbons (Fsp3) is 0.455. The summed E-state index contributed by atoms with van der Waals surface area (Å²) >= 11 is 3.51. The van der Waals surface area contributed by atoms with Crippen molar-refractivity contribution < 1.29 is 9.59 Å².